The number of ether oxygens (including phenoxy) is 1. The highest BCUT2D eigenvalue weighted by Crippen LogP contribution is 2.48. The molecular weight excluding hydrogens is 250 g/mol. The van der Waals surface area contributed by atoms with Crippen LogP contribution in [0.25, 0.3) is 0 Å². The Bertz CT molecular complexity index is 466. The molecule has 110 valence electrons. The van der Waals surface area contributed by atoms with Crippen LogP contribution in [0.2, 0.25) is 0 Å². The Kier molecular flexibility index (Phi) is 4.69. The highest BCUT2D eigenvalue weighted by Gasteiger charge is 2.48. The summed E-state index contributed by atoms with van der Waals surface area (Å²) in [6.07, 6.45) is 5.15. The first-order valence-corrected chi connectivity index (χ1v) is 7.55. The number of methoxy groups -OCH3 is 1. The van der Waals surface area contributed by atoms with Crippen molar-refractivity contribution >= 4 is 5.91 Å². The fourth-order valence-corrected chi connectivity index (χ4v) is 3.03. The quantitative estimate of drug-likeness (QED) is 0.796. The molecule has 1 saturated carbocycles. The summed E-state index contributed by atoms with van der Waals surface area (Å²) in [6.45, 7) is 2.99. The van der Waals surface area contributed by atoms with E-state index in [-0.39, 0.29) is 11.3 Å². The molecule has 0 N–H and O–H groups in total. The van der Waals surface area contributed by atoms with Crippen molar-refractivity contribution in [1.82, 2.24) is 4.90 Å². The van der Waals surface area contributed by atoms with Crippen molar-refractivity contribution in [3.8, 4) is 5.75 Å². The van der Waals surface area contributed by atoms with Crippen LogP contribution in [0.4, 0.5) is 0 Å². The molecule has 0 bridgehead atoms. The zero-order chi connectivity index (χ0) is 14.6. The average molecular weight is 275 g/mol. The van der Waals surface area contributed by atoms with E-state index in [4.69, 9.17) is 4.74 Å². The third kappa shape index (κ3) is 2.54. The summed E-state index contributed by atoms with van der Waals surface area (Å²) in [5, 5.41) is 0. The Morgan fingerprint density at radius 3 is 2.60 bits per heavy atom. The van der Waals surface area contributed by atoms with E-state index >= 15 is 0 Å². The van der Waals surface area contributed by atoms with Crippen molar-refractivity contribution in [2.75, 3.05) is 20.7 Å². The van der Waals surface area contributed by atoms with E-state index in [9.17, 15) is 4.79 Å². The van der Waals surface area contributed by atoms with Crippen molar-refractivity contribution in [2.45, 2.75) is 44.4 Å². The van der Waals surface area contributed by atoms with Crippen molar-refractivity contribution in [3.63, 3.8) is 0 Å². The number of rotatable bonds is 6. The number of carbonyl (C=O) groups excluding carboxylic acids is 1. The second kappa shape index (κ2) is 6.29. The molecule has 1 aliphatic carbocycles. The number of hydrogen-bond donors (Lipinski definition) is 0. The van der Waals surface area contributed by atoms with Gasteiger partial charge in [-0.1, -0.05) is 38.0 Å². The molecule has 0 aliphatic heterocycles. The summed E-state index contributed by atoms with van der Waals surface area (Å²) < 4.78 is 5.47. The monoisotopic (exact) mass is 275 g/mol. The van der Waals surface area contributed by atoms with Gasteiger partial charge in [0.05, 0.1) is 12.5 Å². The molecule has 0 atom stereocenters. The first-order valence-electron chi connectivity index (χ1n) is 7.55. The SMILES string of the molecule is CCCCN(C)C(=O)C1(c2ccccc2OC)CCC1. The van der Waals surface area contributed by atoms with Gasteiger partial charge in [0.2, 0.25) is 5.91 Å². The molecule has 0 aromatic heterocycles. The standard InChI is InChI=1S/C17H25NO2/c1-4-5-13-18(2)16(19)17(11-8-12-17)14-9-6-7-10-15(14)20-3/h6-7,9-10H,4-5,8,11-13H2,1-3H3. The molecule has 2 rings (SSSR count). The fraction of sp³-hybridized carbons (Fsp3) is 0.588. The second-order valence-corrected chi connectivity index (χ2v) is 5.72. The maximum absolute atomic E-state index is 12.9. The lowest BCUT2D eigenvalue weighted by molar-refractivity contribution is -0.139. The number of carbonyl (C=O) groups is 1. The van der Waals surface area contributed by atoms with E-state index in [0.717, 1.165) is 50.0 Å². The van der Waals surface area contributed by atoms with Crippen molar-refractivity contribution in [1.29, 1.82) is 0 Å². The summed E-state index contributed by atoms with van der Waals surface area (Å²) in [6, 6.07) is 7.95. The number of unbranched alkanes of at least 4 members (excludes halogenated alkanes) is 1. The zero-order valence-electron chi connectivity index (χ0n) is 12.8. The van der Waals surface area contributed by atoms with Crippen LogP contribution in [0.3, 0.4) is 0 Å². The van der Waals surface area contributed by atoms with Gasteiger partial charge in [-0.15, -0.1) is 0 Å². The van der Waals surface area contributed by atoms with Gasteiger partial charge in [0.25, 0.3) is 0 Å². The number of likely N-dealkylation sites (N-methyl/N-ethyl adjacent to an activating group) is 1. The van der Waals surface area contributed by atoms with Crippen LogP contribution in [0.5, 0.6) is 5.75 Å². The van der Waals surface area contributed by atoms with Gasteiger partial charge < -0.3 is 9.64 Å². The largest absolute Gasteiger partial charge is 0.496 e. The zero-order valence-corrected chi connectivity index (χ0v) is 12.8. The fourth-order valence-electron chi connectivity index (χ4n) is 3.03. The number of amides is 1. The predicted molar refractivity (Wildman–Crippen MR) is 81.1 cm³/mol. The summed E-state index contributed by atoms with van der Waals surface area (Å²) >= 11 is 0. The third-order valence-electron chi connectivity index (χ3n) is 4.43. The molecule has 0 spiro atoms. The van der Waals surface area contributed by atoms with Crippen LogP contribution < -0.4 is 4.74 Å². The van der Waals surface area contributed by atoms with Gasteiger partial charge in [-0.2, -0.15) is 0 Å². The van der Waals surface area contributed by atoms with E-state index in [2.05, 4.69) is 6.92 Å². The highest BCUT2D eigenvalue weighted by molar-refractivity contribution is 5.90. The van der Waals surface area contributed by atoms with Gasteiger partial charge >= 0.3 is 0 Å². The normalized spacial score (nSPS) is 16.4. The Morgan fingerprint density at radius 1 is 1.35 bits per heavy atom. The van der Waals surface area contributed by atoms with Crippen molar-refractivity contribution < 1.29 is 9.53 Å². The van der Waals surface area contributed by atoms with Crippen LogP contribution in [0.1, 0.15) is 44.6 Å². The molecule has 20 heavy (non-hydrogen) atoms. The summed E-state index contributed by atoms with van der Waals surface area (Å²) in [5.41, 5.74) is 0.705. The number of nitrogens with zero attached hydrogens (tertiary/aromatic N) is 1. The van der Waals surface area contributed by atoms with E-state index in [0.29, 0.717) is 0 Å². The summed E-state index contributed by atoms with van der Waals surface area (Å²) in [5.74, 6) is 1.09. The number of hydrogen-bond acceptors (Lipinski definition) is 2. The molecule has 0 heterocycles. The van der Waals surface area contributed by atoms with E-state index < -0.39 is 0 Å². The van der Waals surface area contributed by atoms with E-state index in [1.54, 1.807) is 7.11 Å². The molecule has 1 aromatic rings. The van der Waals surface area contributed by atoms with Crippen molar-refractivity contribution in [2.24, 2.45) is 0 Å². The Hall–Kier alpha value is -1.51. The molecule has 1 fully saturated rings. The first kappa shape index (κ1) is 14.9. The first-order chi connectivity index (χ1) is 9.65. The molecule has 0 unspecified atom stereocenters. The minimum Gasteiger partial charge on any atom is -0.496 e. The Morgan fingerprint density at radius 2 is 2.05 bits per heavy atom. The Balaban J connectivity index is 2.27. The maximum atomic E-state index is 12.9. The number of benzene rings is 1. The van der Waals surface area contributed by atoms with Gasteiger partial charge in [0.15, 0.2) is 0 Å². The van der Waals surface area contributed by atoms with E-state index in [1.807, 2.05) is 36.2 Å². The molecule has 1 aliphatic rings. The molecule has 0 radical (unpaired) electrons. The molecule has 3 heteroatoms. The van der Waals surface area contributed by atoms with Gasteiger partial charge in [-0.25, -0.2) is 0 Å². The van der Waals surface area contributed by atoms with Gasteiger partial charge in [0, 0.05) is 19.2 Å². The smallest absolute Gasteiger partial charge is 0.233 e. The van der Waals surface area contributed by atoms with Crippen LogP contribution in [-0.2, 0) is 10.2 Å². The molecular formula is C17H25NO2. The number of para-hydroxylation sites is 1. The average Bonchev–Trinajstić information content (AvgIpc) is 2.44. The van der Waals surface area contributed by atoms with E-state index in [1.165, 1.54) is 0 Å². The van der Waals surface area contributed by atoms with Crippen LogP contribution >= 0.6 is 0 Å². The third-order valence-corrected chi connectivity index (χ3v) is 4.43. The molecule has 1 aromatic carbocycles. The summed E-state index contributed by atoms with van der Waals surface area (Å²) in [7, 11) is 3.60. The van der Waals surface area contributed by atoms with Gasteiger partial charge in [-0.3, -0.25) is 4.79 Å². The lowest BCUT2D eigenvalue weighted by Gasteiger charge is -2.43. The van der Waals surface area contributed by atoms with Crippen LogP contribution in [0, 0.1) is 0 Å². The van der Waals surface area contributed by atoms with Gasteiger partial charge in [-0.05, 0) is 25.3 Å². The predicted octanol–water partition coefficient (Wildman–Crippen LogP) is 3.38. The molecule has 1 amide bonds. The lowest BCUT2D eigenvalue weighted by Crippen LogP contribution is -2.50. The molecule has 3 nitrogen and oxygen atoms in total. The second-order valence-electron chi connectivity index (χ2n) is 5.72. The van der Waals surface area contributed by atoms with Crippen LogP contribution in [0.15, 0.2) is 24.3 Å². The lowest BCUT2D eigenvalue weighted by atomic mass is 9.63. The van der Waals surface area contributed by atoms with Crippen LogP contribution in [-0.4, -0.2) is 31.5 Å². The minimum atomic E-state index is -0.352. The highest BCUT2D eigenvalue weighted by atomic mass is 16.5. The summed E-state index contributed by atoms with van der Waals surface area (Å²) in [4.78, 5) is 14.8. The Labute approximate surface area is 121 Å². The minimum absolute atomic E-state index is 0.252. The van der Waals surface area contributed by atoms with Gasteiger partial charge in [0.1, 0.15) is 5.75 Å². The molecule has 0 saturated heterocycles. The van der Waals surface area contributed by atoms with Crippen molar-refractivity contribution in [3.05, 3.63) is 29.8 Å². The topological polar surface area (TPSA) is 29.5 Å². The maximum Gasteiger partial charge on any atom is 0.233 e.